The van der Waals surface area contributed by atoms with Crippen molar-refractivity contribution in [2.45, 2.75) is 128 Å². The van der Waals surface area contributed by atoms with Crippen LogP contribution in [-0.2, 0) is 4.79 Å². The van der Waals surface area contributed by atoms with Crippen LogP contribution in [0, 0.1) is 0 Å². The van der Waals surface area contributed by atoms with E-state index in [1.54, 1.807) is 6.34 Å². The predicted octanol–water partition coefficient (Wildman–Crippen LogP) is 4.81. The number of hydrogen-bond donors (Lipinski definition) is 4. The molecule has 7 heteroatoms. The van der Waals surface area contributed by atoms with Gasteiger partial charge in [0.25, 0.3) is 0 Å². The standard InChI is InChI=1S/C22H44O4.C3H6N2.Na.H/c1-2-3-4-5-6-7-8-9-10-11-12-13-14-15-16-17-18-22(26,20-23)19-21(24)25;1-2-5-3-4-1;;/h23,26H,2-20H2,1H3,(H,24,25);3H,1-2H2,(H,4,5);;. The molecule has 32 heavy (non-hydrogen) atoms. The zero-order valence-electron chi connectivity index (χ0n) is 20.1. The van der Waals surface area contributed by atoms with Gasteiger partial charge in [0.15, 0.2) is 0 Å². The summed E-state index contributed by atoms with van der Waals surface area (Å²) in [6.45, 7) is 3.78. The predicted molar refractivity (Wildman–Crippen MR) is 137 cm³/mol. The molecule has 1 aliphatic rings. The Hall–Kier alpha value is -0.140. The molecule has 1 unspecified atom stereocenters. The van der Waals surface area contributed by atoms with Gasteiger partial charge in [-0.15, -0.1) is 0 Å². The van der Waals surface area contributed by atoms with Crippen LogP contribution in [0.1, 0.15) is 122 Å². The van der Waals surface area contributed by atoms with E-state index in [2.05, 4.69) is 17.2 Å². The van der Waals surface area contributed by atoms with Gasteiger partial charge < -0.3 is 20.6 Å². The molecule has 186 valence electrons. The quantitative estimate of drug-likeness (QED) is 0.152. The van der Waals surface area contributed by atoms with E-state index in [0.717, 1.165) is 32.4 Å². The molecule has 0 saturated heterocycles. The van der Waals surface area contributed by atoms with Gasteiger partial charge in [0, 0.05) is 6.54 Å². The molecule has 1 atom stereocenters. The summed E-state index contributed by atoms with van der Waals surface area (Å²) in [6, 6.07) is 0. The summed E-state index contributed by atoms with van der Waals surface area (Å²) in [4.78, 5) is 14.5. The Balaban J connectivity index is 0. The fourth-order valence-electron chi connectivity index (χ4n) is 3.83. The van der Waals surface area contributed by atoms with Crippen LogP contribution in [0.2, 0.25) is 0 Å². The van der Waals surface area contributed by atoms with E-state index in [1.165, 1.54) is 83.5 Å². The minimum atomic E-state index is -1.44. The van der Waals surface area contributed by atoms with Gasteiger partial charge in [0.2, 0.25) is 0 Å². The first-order valence-electron chi connectivity index (χ1n) is 12.8. The second kappa shape index (κ2) is 25.5. The van der Waals surface area contributed by atoms with Gasteiger partial charge in [0.05, 0.1) is 31.5 Å². The molecule has 4 N–H and O–H groups in total. The number of nitrogens with zero attached hydrogens (tertiary/aromatic N) is 1. The van der Waals surface area contributed by atoms with E-state index in [-0.39, 0.29) is 36.0 Å². The minimum absolute atomic E-state index is 0. The fraction of sp³-hybridized carbons (Fsp3) is 0.920. The number of carboxylic acids is 1. The van der Waals surface area contributed by atoms with Gasteiger partial charge in [-0.1, -0.05) is 110 Å². The third-order valence-corrected chi connectivity index (χ3v) is 5.84. The van der Waals surface area contributed by atoms with Crippen molar-refractivity contribution >= 4 is 41.9 Å². The molecule has 0 aromatic carbocycles. The number of rotatable bonds is 20. The SMILES string of the molecule is C1=NCCN1.CCCCCCCCCCCCCCCCCCC(O)(CO)CC(=O)O.[NaH]. The van der Waals surface area contributed by atoms with E-state index >= 15 is 0 Å². The maximum atomic E-state index is 10.7. The topological polar surface area (TPSA) is 102 Å². The van der Waals surface area contributed by atoms with Gasteiger partial charge in [-0.3, -0.25) is 9.79 Å². The number of hydrogen-bond acceptors (Lipinski definition) is 5. The van der Waals surface area contributed by atoms with E-state index < -0.39 is 18.2 Å². The number of carboxylic acid groups (broad SMARTS) is 1. The van der Waals surface area contributed by atoms with Gasteiger partial charge in [-0.05, 0) is 6.42 Å². The Labute approximate surface area is 219 Å². The summed E-state index contributed by atoms with van der Waals surface area (Å²) in [6.07, 6.45) is 22.3. The molecule has 0 spiro atoms. The van der Waals surface area contributed by atoms with E-state index in [4.69, 9.17) is 10.2 Å². The first-order chi connectivity index (χ1) is 15.0. The van der Waals surface area contributed by atoms with Crippen LogP contribution in [0.15, 0.2) is 4.99 Å². The first kappa shape index (κ1) is 34.0. The molecular formula is C25H51N2NaO4. The maximum absolute atomic E-state index is 10.7. The molecule has 0 aliphatic carbocycles. The molecule has 1 aliphatic heterocycles. The van der Waals surface area contributed by atoms with E-state index in [0.29, 0.717) is 6.42 Å². The summed E-state index contributed by atoms with van der Waals surface area (Å²) < 4.78 is 0. The molecule has 1 heterocycles. The zero-order valence-corrected chi connectivity index (χ0v) is 20.1. The Bertz CT molecular complexity index is 432. The van der Waals surface area contributed by atoms with Crippen LogP contribution in [0.3, 0.4) is 0 Å². The Morgan fingerprint density at radius 3 is 1.59 bits per heavy atom. The summed E-state index contributed by atoms with van der Waals surface area (Å²) >= 11 is 0. The van der Waals surface area contributed by atoms with Gasteiger partial charge in [-0.2, -0.15) is 0 Å². The van der Waals surface area contributed by atoms with Crippen molar-refractivity contribution < 1.29 is 20.1 Å². The van der Waals surface area contributed by atoms with Crippen LogP contribution in [0.25, 0.3) is 0 Å². The van der Waals surface area contributed by atoms with Crippen LogP contribution < -0.4 is 5.32 Å². The van der Waals surface area contributed by atoms with Crippen LogP contribution in [0.5, 0.6) is 0 Å². The number of aliphatic carboxylic acids is 1. The van der Waals surface area contributed by atoms with Crippen LogP contribution in [0.4, 0.5) is 0 Å². The molecule has 0 radical (unpaired) electrons. The summed E-state index contributed by atoms with van der Waals surface area (Å²) in [5.74, 6) is -1.06. The average Bonchev–Trinajstić information content (AvgIpc) is 3.33. The molecule has 0 saturated carbocycles. The van der Waals surface area contributed by atoms with Crippen molar-refractivity contribution in [2.24, 2.45) is 4.99 Å². The van der Waals surface area contributed by atoms with E-state index in [1.807, 2.05) is 0 Å². The fourth-order valence-corrected chi connectivity index (χ4v) is 3.83. The van der Waals surface area contributed by atoms with Crippen LogP contribution >= 0.6 is 0 Å². The summed E-state index contributed by atoms with van der Waals surface area (Å²) in [5, 5.41) is 30.8. The van der Waals surface area contributed by atoms with Crippen molar-refractivity contribution in [3.8, 4) is 0 Å². The van der Waals surface area contributed by atoms with Crippen LogP contribution in [-0.4, -0.2) is 82.5 Å². The van der Waals surface area contributed by atoms with Gasteiger partial charge in [0.1, 0.15) is 0 Å². The molecule has 0 fully saturated rings. The summed E-state index contributed by atoms with van der Waals surface area (Å²) in [7, 11) is 0. The molecule has 6 nitrogen and oxygen atoms in total. The van der Waals surface area contributed by atoms with Gasteiger partial charge in [-0.25, -0.2) is 0 Å². The van der Waals surface area contributed by atoms with Crippen molar-refractivity contribution in [1.82, 2.24) is 5.32 Å². The number of aliphatic imine (C=N–C) groups is 1. The van der Waals surface area contributed by atoms with E-state index in [9.17, 15) is 9.90 Å². The molecule has 0 bridgehead atoms. The van der Waals surface area contributed by atoms with Crippen molar-refractivity contribution in [3.05, 3.63) is 0 Å². The van der Waals surface area contributed by atoms with Gasteiger partial charge >= 0.3 is 35.5 Å². The number of carbonyl (C=O) groups is 1. The second-order valence-corrected chi connectivity index (χ2v) is 9.00. The number of unbranched alkanes of at least 4 members (excludes halogenated alkanes) is 15. The normalized spacial score (nSPS) is 14.1. The Morgan fingerprint density at radius 2 is 1.31 bits per heavy atom. The molecule has 0 aromatic heterocycles. The molecular weight excluding hydrogens is 415 g/mol. The Morgan fingerprint density at radius 1 is 0.875 bits per heavy atom. The molecule has 1 rings (SSSR count). The van der Waals surface area contributed by atoms with Crippen molar-refractivity contribution in [3.63, 3.8) is 0 Å². The molecule has 0 amide bonds. The second-order valence-electron chi connectivity index (χ2n) is 9.00. The average molecular weight is 467 g/mol. The summed E-state index contributed by atoms with van der Waals surface area (Å²) in [5.41, 5.74) is -1.44. The number of aliphatic hydroxyl groups excluding tert-OH is 1. The molecule has 0 aromatic rings. The number of aliphatic hydroxyl groups is 2. The third-order valence-electron chi connectivity index (χ3n) is 5.84. The number of nitrogens with one attached hydrogen (secondary N) is 1. The first-order valence-corrected chi connectivity index (χ1v) is 12.8. The van der Waals surface area contributed by atoms with Crippen molar-refractivity contribution in [1.29, 1.82) is 0 Å². The monoisotopic (exact) mass is 466 g/mol. The third kappa shape index (κ3) is 24.5. The van der Waals surface area contributed by atoms with Crippen molar-refractivity contribution in [2.75, 3.05) is 19.7 Å². The zero-order chi connectivity index (χ0) is 23.0. The Kier molecular flexibility index (Phi) is 27.1.